The van der Waals surface area contributed by atoms with Crippen LogP contribution in [0.15, 0.2) is 36.4 Å². The van der Waals surface area contributed by atoms with Gasteiger partial charge in [-0.3, -0.25) is 0 Å². The molecule has 0 amide bonds. The number of nitrogens with zero attached hydrogens (tertiary/aromatic N) is 2. The van der Waals surface area contributed by atoms with Crippen LogP contribution < -0.4 is 11.1 Å². The van der Waals surface area contributed by atoms with E-state index in [4.69, 9.17) is 5.73 Å². The van der Waals surface area contributed by atoms with Gasteiger partial charge in [0.1, 0.15) is 5.75 Å². The maximum Gasteiger partial charge on any atom is 0.174 e. The predicted octanol–water partition coefficient (Wildman–Crippen LogP) is 4.95. The van der Waals surface area contributed by atoms with E-state index in [0.717, 1.165) is 47.1 Å². The quantitative estimate of drug-likeness (QED) is 0.586. The number of fused-ring (bicyclic) bond motifs is 1. The Bertz CT molecular complexity index is 921. The Kier molecular flexibility index (Phi) is 5.26. The first kappa shape index (κ1) is 18.0. The zero-order valence-corrected chi connectivity index (χ0v) is 15.6. The lowest BCUT2D eigenvalue weighted by atomic mass is 9.99. The van der Waals surface area contributed by atoms with Gasteiger partial charge in [0.05, 0.1) is 11.0 Å². The third-order valence-corrected chi connectivity index (χ3v) is 4.43. The minimum absolute atomic E-state index is 0.309. The number of benzene rings is 2. The van der Waals surface area contributed by atoms with Crippen LogP contribution in [0.2, 0.25) is 0 Å². The summed E-state index contributed by atoms with van der Waals surface area (Å²) in [6, 6.07) is 11.4. The van der Waals surface area contributed by atoms with E-state index >= 15 is 0 Å². The van der Waals surface area contributed by atoms with Crippen LogP contribution in [0.1, 0.15) is 37.8 Å². The summed E-state index contributed by atoms with van der Waals surface area (Å²) < 4.78 is 0. The van der Waals surface area contributed by atoms with Crippen LogP contribution in [0, 0.1) is 12.8 Å². The first-order chi connectivity index (χ1) is 12.4. The van der Waals surface area contributed by atoms with Crippen LogP contribution in [0.4, 0.5) is 17.3 Å². The van der Waals surface area contributed by atoms with Gasteiger partial charge in [-0.2, -0.15) is 0 Å². The Labute approximate surface area is 154 Å². The molecule has 2 aromatic carbocycles. The molecule has 0 unspecified atom stereocenters. The van der Waals surface area contributed by atoms with Crippen LogP contribution in [-0.4, -0.2) is 15.1 Å². The van der Waals surface area contributed by atoms with E-state index < -0.39 is 0 Å². The zero-order chi connectivity index (χ0) is 18.7. The number of phenols is 1. The van der Waals surface area contributed by atoms with E-state index in [1.807, 2.05) is 37.3 Å². The normalized spacial score (nSPS) is 11.2. The molecular formula is C21H26N4O. The highest BCUT2D eigenvalue weighted by atomic mass is 16.3. The third kappa shape index (κ3) is 4.04. The van der Waals surface area contributed by atoms with Gasteiger partial charge >= 0.3 is 0 Å². The van der Waals surface area contributed by atoms with E-state index in [0.29, 0.717) is 23.3 Å². The molecule has 1 aromatic heterocycles. The van der Waals surface area contributed by atoms with Gasteiger partial charge in [-0.05, 0) is 55.5 Å². The molecule has 0 saturated heterocycles. The number of hydrogen-bond donors (Lipinski definition) is 3. The number of anilines is 3. The number of nitrogens with one attached hydrogen (secondary N) is 1. The van der Waals surface area contributed by atoms with Gasteiger partial charge in [-0.1, -0.05) is 32.4 Å². The fourth-order valence-electron chi connectivity index (χ4n) is 3.09. The number of aromatic nitrogens is 2. The van der Waals surface area contributed by atoms with Gasteiger partial charge in [-0.15, -0.1) is 0 Å². The lowest BCUT2D eigenvalue weighted by molar-refractivity contribution is 0.464. The molecule has 0 fully saturated rings. The van der Waals surface area contributed by atoms with E-state index in [2.05, 4.69) is 29.1 Å². The SMILES string of the molecule is Cc1cc(O)c(CCCC(C)C)c(Nc2nc3ccccc3nc2N)c1. The van der Waals surface area contributed by atoms with E-state index in [9.17, 15) is 5.11 Å². The summed E-state index contributed by atoms with van der Waals surface area (Å²) in [5.41, 5.74) is 10.4. The Morgan fingerprint density at radius 2 is 1.81 bits per heavy atom. The van der Waals surface area contributed by atoms with Crippen LogP contribution in [-0.2, 0) is 6.42 Å². The lowest BCUT2D eigenvalue weighted by Gasteiger charge is -2.16. The van der Waals surface area contributed by atoms with Crippen LogP contribution in [0.25, 0.3) is 11.0 Å². The van der Waals surface area contributed by atoms with Crippen molar-refractivity contribution in [3.63, 3.8) is 0 Å². The summed E-state index contributed by atoms with van der Waals surface area (Å²) in [6.07, 6.45) is 2.93. The minimum atomic E-state index is 0.309. The van der Waals surface area contributed by atoms with Crippen molar-refractivity contribution in [3.05, 3.63) is 47.5 Å². The van der Waals surface area contributed by atoms with Crippen molar-refractivity contribution in [2.45, 2.75) is 40.0 Å². The predicted molar refractivity (Wildman–Crippen MR) is 108 cm³/mol. The summed E-state index contributed by atoms with van der Waals surface area (Å²) in [5, 5.41) is 13.7. The number of aryl methyl sites for hydroxylation is 1. The van der Waals surface area contributed by atoms with Gasteiger partial charge in [-0.25, -0.2) is 9.97 Å². The molecule has 0 radical (unpaired) electrons. The summed E-state index contributed by atoms with van der Waals surface area (Å²) in [7, 11) is 0. The average molecular weight is 350 g/mol. The van der Waals surface area contributed by atoms with Crippen LogP contribution in [0.5, 0.6) is 5.75 Å². The van der Waals surface area contributed by atoms with Crippen molar-refractivity contribution in [1.82, 2.24) is 9.97 Å². The fourth-order valence-corrected chi connectivity index (χ4v) is 3.09. The molecule has 3 aromatic rings. The van der Waals surface area contributed by atoms with Crippen molar-refractivity contribution in [2.24, 2.45) is 5.92 Å². The molecule has 0 bridgehead atoms. The smallest absolute Gasteiger partial charge is 0.174 e. The van der Waals surface area contributed by atoms with E-state index in [1.165, 1.54) is 0 Å². The monoisotopic (exact) mass is 350 g/mol. The molecule has 0 atom stereocenters. The number of para-hydroxylation sites is 2. The fraction of sp³-hybridized carbons (Fsp3) is 0.333. The first-order valence-corrected chi connectivity index (χ1v) is 9.06. The molecule has 0 aliphatic rings. The molecule has 136 valence electrons. The number of hydrogen-bond acceptors (Lipinski definition) is 5. The maximum absolute atomic E-state index is 10.4. The Morgan fingerprint density at radius 3 is 2.50 bits per heavy atom. The van der Waals surface area contributed by atoms with E-state index in [1.54, 1.807) is 6.07 Å². The van der Waals surface area contributed by atoms with Gasteiger partial charge in [0.2, 0.25) is 0 Å². The number of nitrogens with two attached hydrogens (primary N) is 1. The highest BCUT2D eigenvalue weighted by Gasteiger charge is 2.13. The molecular weight excluding hydrogens is 324 g/mol. The maximum atomic E-state index is 10.4. The van der Waals surface area contributed by atoms with Crippen molar-refractivity contribution in [1.29, 1.82) is 0 Å². The Balaban J connectivity index is 1.94. The zero-order valence-electron chi connectivity index (χ0n) is 15.6. The average Bonchev–Trinajstić information content (AvgIpc) is 2.57. The number of nitrogen functional groups attached to an aromatic ring is 1. The van der Waals surface area contributed by atoms with Crippen LogP contribution in [0.3, 0.4) is 0 Å². The second kappa shape index (κ2) is 7.60. The number of phenolic OH excluding ortho intramolecular Hbond substituents is 1. The van der Waals surface area contributed by atoms with E-state index in [-0.39, 0.29) is 0 Å². The summed E-state index contributed by atoms with van der Waals surface area (Å²) >= 11 is 0. The molecule has 0 spiro atoms. The summed E-state index contributed by atoms with van der Waals surface area (Å²) in [5.74, 6) is 1.81. The van der Waals surface area contributed by atoms with Gasteiger partial charge in [0.25, 0.3) is 0 Å². The molecule has 26 heavy (non-hydrogen) atoms. The molecule has 4 N–H and O–H groups in total. The van der Waals surface area contributed by atoms with Gasteiger partial charge in [0, 0.05) is 11.3 Å². The second-order valence-electron chi connectivity index (χ2n) is 7.17. The standard InChI is InChI=1S/C21H26N4O/c1-13(2)7-6-8-15-18(11-14(3)12-19(15)26)25-21-20(22)23-16-9-4-5-10-17(16)24-21/h4-5,9-13,26H,6-8H2,1-3H3,(H2,22,23)(H,24,25). The topological polar surface area (TPSA) is 84.1 Å². The molecule has 0 aliphatic carbocycles. The van der Waals surface area contributed by atoms with Crippen LogP contribution >= 0.6 is 0 Å². The molecule has 0 aliphatic heterocycles. The molecule has 5 nitrogen and oxygen atoms in total. The van der Waals surface area contributed by atoms with Gasteiger partial charge in [0.15, 0.2) is 11.6 Å². The lowest BCUT2D eigenvalue weighted by Crippen LogP contribution is -2.05. The molecule has 5 heteroatoms. The Morgan fingerprint density at radius 1 is 1.12 bits per heavy atom. The summed E-state index contributed by atoms with van der Waals surface area (Å²) in [4.78, 5) is 9.02. The first-order valence-electron chi connectivity index (χ1n) is 9.06. The molecule has 1 heterocycles. The highest BCUT2D eigenvalue weighted by Crippen LogP contribution is 2.33. The van der Waals surface area contributed by atoms with Crippen molar-refractivity contribution in [2.75, 3.05) is 11.1 Å². The summed E-state index contributed by atoms with van der Waals surface area (Å²) in [6.45, 7) is 6.37. The number of aromatic hydroxyl groups is 1. The molecule has 3 rings (SSSR count). The largest absolute Gasteiger partial charge is 0.508 e. The highest BCUT2D eigenvalue weighted by molar-refractivity contribution is 5.81. The van der Waals surface area contributed by atoms with Gasteiger partial charge < -0.3 is 16.2 Å². The Hall–Kier alpha value is -2.82. The number of rotatable bonds is 6. The van der Waals surface area contributed by atoms with Crippen molar-refractivity contribution >= 4 is 28.4 Å². The van der Waals surface area contributed by atoms with Crippen molar-refractivity contribution in [3.8, 4) is 5.75 Å². The van der Waals surface area contributed by atoms with Crippen molar-refractivity contribution < 1.29 is 5.11 Å². The minimum Gasteiger partial charge on any atom is -0.508 e. The second-order valence-corrected chi connectivity index (χ2v) is 7.17. The molecule has 0 saturated carbocycles. The third-order valence-electron chi connectivity index (χ3n) is 4.43.